The van der Waals surface area contributed by atoms with Gasteiger partial charge in [-0.15, -0.1) is 11.3 Å². The lowest BCUT2D eigenvalue weighted by Crippen LogP contribution is -2.16. The zero-order chi connectivity index (χ0) is 19.4. The van der Waals surface area contributed by atoms with E-state index < -0.39 is 5.97 Å². The highest BCUT2D eigenvalue weighted by Crippen LogP contribution is 2.33. The van der Waals surface area contributed by atoms with E-state index in [9.17, 15) is 9.59 Å². The highest BCUT2D eigenvalue weighted by molar-refractivity contribution is 7.12. The third kappa shape index (κ3) is 3.85. The van der Waals surface area contributed by atoms with Gasteiger partial charge in [0, 0.05) is 17.3 Å². The fourth-order valence-electron chi connectivity index (χ4n) is 2.79. The van der Waals surface area contributed by atoms with Crippen molar-refractivity contribution in [1.82, 2.24) is 0 Å². The molecule has 0 spiro atoms. The molecule has 0 aliphatic rings. The fraction of sp³-hybridized carbons (Fsp3) is 0.143. The van der Waals surface area contributed by atoms with E-state index >= 15 is 0 Å². The summed E-state index contributed by atoms with van der Waals surface area (Å²) in [5, 5.41) is 4.60. The van der Waals surface area contributed by atoms with Gasteiger partial charge in [0.25, 0.3) is 5.91 Å². The Labute approximate surface area is 161 Å². The minimum absolute atomic E-state index is 0.292. The topological polar surface area (TPSA) is 64.6 Å². The Hall–Kier alpha value is -3.12. The first kappa shape index (κ1) is 18.7. The van der Waals surface area contributed by atoms with Crippen molar-refractivity contribution in [2.24, 2.45) is 0 Å². The van der Waals surface area contributed by atoms with E-state index in [1.54, 1.807) is 25.5 Å². The summed E-state index contributed by atoms with van der Waals surface area (Å²) in [6.07, 6.45) is 0. The van der Waals surface area contributed by atoms with Crippen LogP contribution in [0.4, 0.5) is 5.69 Å². The third-order valence-electron chi connectivity index (χ3n) is 4.12. The van der Waals surface area contributed by atoms with Crippen molar-refractivity contribution in [3.05, 3.63) is 69.9 Å². The second-order valence-electron chi connectivity index (χ2n) is 5.85. The molecule has 0 aliphatic carbocycles. The van der Waals surface area contributed by atoms with Crippen molar-refractivity contribution in [2.75, 3.05) is 19.5 Å². The minimum Gasteiger partial charge on any atom is -0.496 e. The van der Waals surface area contributed by atoms with Crippen LogP contribution in [0.15, 0.2) is 53.9 Å². The Morgan fingerprint density at radius 1 is 1.04 bits per heavy atom. The van der Waals surface area contributed by atoms with Gasteiger partial charge in [0.05, 0.1) is 19.8 Å². The first-order chi connectivity index (χ1) is 13.0. The van der Waals surface area contributed by atoms with Gasteiger partial charge in [0.1, 0.15) is 10.6 Å². The number of esters is 1. The average Bonchev–Trinajstić information content (AvgIpc) is 3.09. The molecule has 0 saturated carbocycles. The Morgan fingerprint density at radius 3 is 2.44 bits per heavy atom. The van der Waals surface area contributed by atoms with Crippen LogP contribution in [0.1, 0.15) is 25.6 Å². The molecule has 1 amide bonds. The lowest BCUT2D eigenvalue weighted by molar-refractivity contribution is 0.0603. The molecule has 0 saturated heterocycles. The lowest BCUT2D eigenvalue weighted by atomic mass is 10.0. The molecule has 138 valence electrons. The molecule has 0 atom stereocenters. The van der Waals surface area contributed by atoms with Gasteiger partial charge in [0.15, 0.2) is 0 Å². The number of anilines is 1. The van der Waals surface area contributed by atoms with E-state index in [0.717, 1.165) is 16.7 Å². The molecule has 0 fully saturated rings. The Morgan fingerprint density at radius 2 is 1.78 bits per heavy atom. The molecule has 0 aliphatic heterocycles. The Balaban J connectivity index is 1.90. The number of carbonyl (C=O) groups excluding carboxylic acids is 2. The highest BCUT2D eigenvalue weighted by atomic mass is 32.1. The molecule has 0 unspecified atom stereocenters. The van der Waals surface area contributed by atoms with Gasteiger partial charge < -0.3 is 14.8 Å². The average molecular weight is 381 g/mol. The second kappa shape index (κ2) is 8.05. The molecule has 3 aromatic rings. The number of benzene rings is 2. The molecule has 0 bridgehead atoms. The second-order valence-corrected chi connectivity index (χ2v) is 6.73. The number of hydrogen-bond acceptors (Lipinski definition) is 5. The number of nitrogens with one attached hydrogen (secondary N) is 1. The predicted octanol–water partition coefficient (Wildman–Crippen LogP) is 4.77. The summed E-state index contributed by atoms with van der Waals surface area (Å²) in [4.78, 5) is 24.9. The van der Waals surface area contributed by atoms with Crippen molar-refractivity contribution < 1.29 is 19.1 Å². The van der Waals surface area contributed by atoms with Crippen LogP contribution in [0.5, 0.6) is 5.75 Å². The monoisotopic (exact) mass is 381 g/mol. The van der Waals surface area contributed by atoms with Gasteiger partial charge in [0.2, 0.25) is 0 Å². The standard InChI is InChI=1S/C21H19NO4S/c1-13-12-27-19(21(24)26-3)18(13)20(23)22-15-9-10-16(17(11-15)25-2)14-7-5-4-6-8-14/h4-12H,1-3H3,(H,22,23). The maximum absolute atomic E-state index is 12.7. The van der Waals surface area contributed by atoms with E-state index in [-0.39, 0.29) is 5.91 Å². The first-order valence-corrected chi connectivity index (χ1v) is 9.14. The number of thiophene rings is 1. The summed E-state index contributed by atoms with van der Waals surface area (Å²) >= 11 is 1.20. The van der Waals surface area contributed by atoms with Crippen molar-refractivity contribution >= 4 is 28.9 Å². The first-order valence-electron chi connectivity index (χ1n) is 8.26. The molecule has 1 N–H and O–H groups in total. The molecule has 6 heteroatoms. The number of amides is 1. The van der Waals surface area contributed by atoms with Crippen LogP contribution in [0.25, 0.3) is 11.1 Å². The summed E-state index contributed by atoms with van der Waals surface area (Å²) < 4.78 is 10.3. The summed E-state index contributed by atoms with van der Waals surface area (Å²) in [5.74, 6) is -0.229. The summed E-state index contributed by atoms with van der Waals surface area (Å²) in [5.41, 5.74) is 3.59. The lowest BCUT2D eigenvalue weighted by Gasteiger charge is -2.12. The number of ether oxygens (including phenoxy) is 2. The van der Waals surface area contributed by atoms with E-state index in [0.29, 0.717) is 21.9 Å². The van der Waals surface area contributed by atoms with Crippen molar-refractivity contribution in [1.29, 1.82) is 0 Å². The smallest absolute Gasteiger partial charge is 0.348 e. The van der Waals surface area contributed by atoms with E-state index in [4.69, 9.17) is 9.47 Å². The van der Waals surface area contributed by atoms with Crippen LogP contribution < -0.4 is 10.1 Å². The third-order valence-corrected chi connectivity index (χ3v) is 5.19. The van der Waals surface area contributed by atoms with E-state index in [2.05, 4.69) is 5.32 Å². The molecular weight excluding hydrogens is 362 g/mol. The van der Waals surface area contributed by atoms with E-state index in [1.807, 2.05) is 42.5 Å². The largest absolute Gasteiger partial charge is 0.496 e. The minimum atomic E-state index is -0.518. The molecule has 1 aromatic heterocycles. The highest BCUT2D eigenvalue weighted by Gasteiger charge is 2.22. The SMILES string of the molecule is COC(=O)c1scc(C)c1C(=O)Nc1ccc(-c2ccccc2)c(OC)c1. The van der Waals surface area contributed by atoms with Crippen molar-refractivity contribution in [2.45, 2.75) is 6.92 Å². The van der Waals surface area contributed by atoms with Crippen molar-refractivity contribution in [3.63, 3.8) is 0 Å². The maximum atomic E-state index is 12.7. The Bertz CT molecular complexity index is 979. The van der Waals surface area contributed by atoms with E-state index in [1.165, 1.54) is 18.4 Å². The normalized spacial score (nSPS) is 10.3. The van der Waals surface area contributed by atoms with Crippen LogP contribution in [0, 0.1) is 6.92 Å². The van der Waals surface area contributed by atoms with Crippen molar-refractivity contribution in [3.8, 4) is 16.9 Å². The van der Waals surface area contributed by atoms with Gasteiger partial charge in [-0.2, -0.15) is 0 Å². The summed E-state index contributed by atoms with van der Waals surface area (Å²) in [7, 11) is 2.89. The Kier molecular flexibility index (Phi) is 5.57. The predicted molar refractivity (Wildman–Crippen MR) is 107 cm³/mol. The van der Waals surface area contributed by atoms with Crippen LogP contribution in [0.3, 0.4) is 0 Å². The van der Waals surface area contributed by atoms with Crippen LogP contribution in [0.2, 0.25) is 0 Å². The van der Waals surface area contributed by atoms with Gasteiger partial charge in [-0.05, 0) is 35.6 Å². The molecule has 27 heavy (non-hydrogen) atoms. The number of hydrogen-bond donors (Lipinski definition) is 1. The summed E-state index contributed by atoms with van der Waals surface area (Å²) in [6.45, 7) is 1.79. The zero-order valence-corrected chi connectivity index (χ0v) is 16.1. The van der Waals surface area contributed by atoms with Crippen LogP contribution in [-0.2, 0) is 4.74 Å². The van der Waals surface area contributed by atoms with Gasteiger partial charge in [-0.1, -0.05) is 30.3 Å². The maximum Gasteiger partial charge on any atom is 0.348 e. The van der Waals surface area contributed by atoms with Gasteiger partial charge in [-0.3, -0.25) is 4.79 Å². The zero-order valence-electron chi connectivity index (χ0n) is 15.2. The molecule has 3 rings (SSSR count). The number of methoxy groups -OCH3 is 2. The molecule has 1 heterocycles. The number of rotatable bonds is 5. The van der Waals surface area contributed by atoms with Crippen LogP contribution in [-0.4, -0.2) is 26.1 Å². The van der Waals surface area contributed by atoms with Gasteiger partial charge >= 0.3 is 5.97 Å². The molecule has 5 nitrogen and oxygen atoms in total. The molecule has 0 radical (unpaired) electrons. The number of aryl methyl sites for hydroxylation is 1. The quantitative estimate of drug-likeness (QED) is 0.647. The molecular formula is C21H19NO4S. The molecule has 2 aromatic carbocycles. The summed E-state index contributed by atoms with van der Waals surface area (Å²) in [6, 6.07) is 15.3. The van der Waals surface area contributed by atoms with Crippen LogP contribution >= 0.6 is 11.3 Å². The van der Waals surface area contributed by atoms with Gasteiger partial charge in [-0.25, -0.2) is 4.79 Å². The number of carbonyl (C=O) groups is 2. The fourth-order valence-corrected chi connectivity index (χ4v) is 3.75.